The van der Waals surface area contributed by atoms with Crippen LogP contribution in [0, 0.1) is 5.92 Å². The van der Waals surface area contributed by atoms with E-state index in [9.17, 15) is 4.79 Å². The number of hydrogen-bond donors (Lipinski definition) is 2. The molecule has 1 rings (SSSR count). The molecule has 0 amide bonds. The van der Waals surface area contributed by atoms with Crippen LogP contribution < -0.4 is 10.6 Å². The molecule has 0 unspecified atom stereocenters. The summed E-state index contributed by atoms with van der Waals surface area (Å²) >= 11 is 0. The lowest BCUT2D eigenvalue weighted by atomic mass is 10.1. The molecule has 0 aliphatic heterocycles. The van der Waals surface area contributed by atoms with Gasteiger partial charge in [0, 0.05) is 39.8 Å². The Bertz CT molecular complexity index is 363. The van der Waals surface area contributed by atoms with Gasteiger partial charge in [0.15, 0.2) is 5.96 Å². The van der Waals surface area contributed by atoms with E-state index in [1.165, 1.54) is 12.8 Å². The van der Waals surface area contributed by atoms with Crippen molar-refractivity contribution in [3.63, 3.8) is 0 Å². The molecule has 148 valence electrons. The van der Waals surface area contributed by atoms with Gasteiger partial charge in [0.2, 0.25) is 0 Å². The highest BCUT2D eigenvalue weighted by Gasteiger charge is 2.20. The molecule has 7 heteroatoms. The first kappa shape index (κ1) is 24.4. The van der Waals surface area contributed by atoms with Crippen molar-refractivity contribution < 1.29 is 14.3 Å². The van der Waals surface area contributed by atoms with Crippen molar-refractivity contribution in [1.82, 2.24) is 10.6 Å². The van der Waals surface area contributed by atoms with E-state index in [0.717, 1.165) is 70.3 Å². The van der Waals surface area contributed by atoms with E-state index in [1.54, 1.807) is 7.05 Å². The predicted molar refractivity (Wildman–Crippen MR) is 113 cm³/mol. The van der Waals surface area contributed by atoms with Crippen LogP contribution in [-0.4, -0.2) is 51.9 Å². The fraction of sp³-hybridized carbons (Fsp3) is 0.889. The summed E-state index contributed by atoms with van der Waals surface area (Å²) in [6.45, 7) is 5.85. The first-order valence-electron chi connectivity index (χ1n) is 9.44. The molecule has 0 bridgehead atoms. The van der Waals surface area contributed by atoms with Gasteiger partial charge in [-0.15, -0.1) is 24.0 Å². The van der Waals surface area contributed by atoms with Crippen molar-refractivity contribution in [2.45, 2.75) is 58.3 Å². The van der Waals surface area contributed by atoms with Crippen LogP contribution in [0.5, 0.6) is 0 Å². The number of unbranched alkanes of at least 4 members (excludes halogenated alkanes) is 3. The zero-order chi connectivity index (χ0) is 17.5. The van der Waals surface area contributed by atoms with Crippen molar-refractivity contribution in [2.24, 2.45) is 10.9 Å². The van der Waals surface area contributed by atoms with Gasteiger partial charge in [-0.1, -0.05) is 12.8 Å². The normalized spacial score (nSPS) is 13.9. The largest absolute Gasteiger partial charge is 0.466 e. The van der Waals surface area contributed by atoms with Gasteiger partial charge < -0.3 is 20.1 Å². The number of carbonyl (C=O) groups excluding carboxylic acids is 1. The van der Waals surface area contributed by atoms with Gasteiger partial charge in [0.05, 0.1) is 6.61 Å². The van der Waals surface area contributed by atoms with E-state index in [2.05, 4.69) is 15.6 Å². The van der Waals surface area contributed by atoms with Gasteiger partial charge in [-0.25, -0.2) is 0 Å². The van der Waals surface area contributed by atoms with Crippen LogP contribution in [0.1, 0.15) is 58.3 Å². The van der Waals surface area contributed by atoms with Crippen molar-refractivity contribution in [3.05, 3.63) is 0 Å². The molecule has 0 atom stereocenters. The number of halogens is 1. The van der Waals surface area contributed by atoms with Crippen LogP contribution in [0.25, 0.3) is 0 Å². The maximum absolute atomic E-state index is 11.2. The lowest BCUT2D eigenvalue weighted by molar-refractivity contribution is -0.143. The molecule has 1 saturated carbocycles. The maximum atomic E-state index is 11.2. The van der Waals surface area contributed by atoms with Crippen LogP contribution in [0.4, 0.5) is 0 Å². The number of nitrogens with zero attached hydrogens (tertiary/aromatic N) is 1. The Morgan fingerprint density at radius 3 is 2.40 bits per heavy atom. The highest BCUT2D eigenvalue weighted by molar-refractivity contribution is 14.0. The maximum Gasteiger partial charge on any atom is 0.305 e. The molecular weight excluding hydrogens is 433 g/mol. The van der Waals surface area contributed by atoms with E-state index in [0.29, 0.717) is 13.0 Å². The Kier molecular flexibility index (Phi) is 16.5. The fourth-order valence-electron chi connectivity index (χ4n) is 2.32. The van der Waals surface area contributed by atoms with Crippen LogP contribution in [0.15, 0.2) is 4.99 Å². The number of carbonyl (C=O) groups is 1. The first-order chi connectivity index (χ1) is 11.8. The Morgan fingerprint density at radius 2 is 1.76 bits per heavy atom. The second kappa shape index (κ2) is 16.9. The van der Waals surface area contributed by atoms with Crippen LogP contribution in [-0.2, 0) is 14.3 Å². The molecule has 0 aromatic carbocycles. The minimum absolute atomic E-state index is 0. The molecule has 0 spiro atoms. The van der Waals surface area contributed by atoms with E-state index in [-0.39, 0.29) is 29.9 Å². The number of aliphatic imine (C=N–C) groups is 1. The molecule has 0 heterocycles. The van der Waals surface area contributed by atoms with Crippen molar-refractivity contribution >= 4 is 35.9 Å². The van der Waals surface area contributed by atoms with E-state index < -0.39 is 0 Å². The lowest BCUT2D eigenvalue weighted by Gasteiger charge is -2.12. The van der Waals surface area contributed by atoms with E-state index >= 15 is 0 Å². The van der Waals surface area contributed by atoms with Gasteiger partial charge in [0.25, 0.3) is 0 Å². The Labute approximate surface area is 169 Å². The molecule has 6 nitrogen and oxygen atoms in total. The summed E-state index contributed by atoms with van der Waals surface area (Å²) < 4.78 is 10.5. The molecule has 0 radical (unpaired) electrons. The SMILES string of the molecule is CCOC(=O)CCCCCCNC(=NC)NCCCOCC1CC1.I. The minimum Gasteiger partial charge on any atom is -0.466 e. The van der Waals surface area contributed by atoms with Gasteiger partial charge in [-0.2, -0.15) is 0 Å². The van der Waals surface area contributed by atoms with Crippen molar-refractivity contribution in [1.29, 1.82) is 0 Å². The topological polar surface area (TPSA) is 72.0 Å². The number of hydrogen-bond acceptors (Lipinski definition) is 4. The molecule has 0 aromatic heterocycles. The predicted octanol–water partition coefficient (Wildman–Crippen LogP) is 3.10. The highest BCUT2D eigenvalue weighted by atomic mass is 127. The molecule has 2 N–H and O–H groups in total. The monoisotopic (exact) mass is 469 g/mol. The van der Waals surface area contributed by atoms with Crippen LogP contribution >= 0.6 is 24.0 Å². The summed E-state index contributed by atoms with van der Waals surface area (Å²) in [4.78, 5) is 15.4. The van der Waals surface area contributed by atoms with Gasteiger partial charge in [-0.3, -0.25) is 9.79 Å². The summed E-state index contributed by atoms with van der Waals surface area (Å²) in [7, 11) is 1.79. The lowest BCUT2D eigenvalue weighted by Crippen LogP contribution is -2.38. The number of nitrogens with one attached hydrogen (secondary N) is 2. The fourth-order valence-corrected chi connectivity index (χ4v) is 2.32. The molecule has 25 heavy (non-hydrogen) atoms. The van der Waals surface area contributed by atoms with Crippen LogP contribution in [0.2, 0.25) is 0 Å². The summed E-state index contributed by atoms with van der Waals surface area (Å²) in [6, 6.07) is 0. The number of ether oxygens (including phenoxy) is 2. The number of rotatable bonds is 14. The summed E-state index contributed by atoms with van der Waals surface area (Å²) in [5.74, 6) is 1.61. The minimum atomic E-state index is -0.0821. The Morgan fingerprint density at radius 1 is 1.08 bits per heavy atom. The van der Waals surface area contributed by atoms with Gasteiger partial charge in [0.1, 0.15) is 0 Å². The standard InChI is InChI=1S/C18H35N3O3.HI/c1-3-24-17(22)9-6-4-5-7-12-20-18(19-2)21-13-8-14-23-15-16-10-11-16;/h16H,3-15H2,1-2H3,(H2,19,20,21);1H. The smallest absolute Gasteiger partial charge is 0.305 e. The average Bonchev–Trinajstić information content (AvgIpc) is 3.39. The number of guanidine groups is 1. The summed E-state index contributed by atoms with van der Waals surface area (Å²) in [5.41, 5.74) is 0. The molecule has 1 fully saturated rings. The molecule has 1 aliphatic rings. The third-order valence-corrected chi connectivity index (χ3v) is 3.94. The third kappa shape index (κ3) is 15.4. The second-order valence-electron chi connectivity index (χ2n) is 6.27. The van der Waals surface area contributed by atoms with E-state index in [4.69, 9.17) is 9.47 Å². The van der Waals surface area contributed by atoms with Crippen molar-refractivity contribution in [3.8, 4) is 0 Å². The number of esters is 1. The highest BCUT2D eigenvalue weighted by Crippen LogP contribution is 2.28. The molecular formula is C18H36IN3O3. The summed E-state index contributed by atoms with van der Waals surface area (Å²) in [5, 5.41) is 6.62. The zero-order valence-corrected chi connectivity index (χ0v) is 18.2. The van der Waals surface area contributed by atoms with Gasteiger partial charge in [-0.05, 0) is 44.9 Å². The molecule has 0 saturated heterocycles. The Balaban J connectivity index is 0.00000576. The quantitative estimate of drug-likeness (QED) is 0.135. The third-order valence-electron chi connectivity index (χ3n) is 3.94. The Hall–Kier alpha value is -0.570. The average molecular weight is 469 g/mol. The molecule has 0 aromatic rings. The van der Waals surface area contributed by atoms with E-state index in [1.807, 2.05) is 6.92 Å². The van der Waals surface area contributed by atoms with Gasteiger partial charge >= 0.3 is 5.97 Å². The first-order valence-corrected chi connectivity index (χ1v) is 9.44. The molecule has 1 aliphatic carbocycles. The van der Waals surface area contributed by atoms with Crippen LogP contribution in [0.3, 0.4) is 0 Å². The van der Waals surface area contributed by atoms with Crippen molar-refractivity contribution in [2.75, 3.05) is 40.0 Å². The zero-order valence-electron chi connectivity index (χ0n) is 15.8. The summed E-state index contributed by atoms with van der Waals surface area (Å²) in [6.07, 6.45) is 8.38. The second-order valence-corrected chi connectivity index (χ2v) is 6.27.